The van der Waals surface area contributed by atoms with Crippen molar-refractivity contribution in [1.82, 2.24) is 24.5 Å². The van der Waals surface area contributed by atoms with Crippen LogP contribution in [0.5, 0.6) is 0 Å². The number of piperidine rings is 1. The third-order valence-corrected chi connectivity index (χ3v) is 5.40. The molecule has 1 fully saturated rings. The molecule has 0 unspecified atom stereocenters. The molecule has 1 atom stereocenters. The van der Waals surface area contributed by atoms with E-state index >= 15 is 0 Å². The molecular formula is C18H22FN7S. The molecule has 1 aliphatic heterocycles. The third-order valence-electron chi connectivity index (χ3n) is 4.77. The number of halogens is 1. The molecule has 7 nitrogen and oxygen atoms in total. The lowest BCUT2D eigenvalue weighted by Crippen LogP contribution is -2.36. The predicted molar refractivity (Wildman–Crippen MR) is 104 cm³/mol. The number of aromatic nitrogens is 5. The molecule has 27 heavy (non-hydrogen) atoms. The number of rotatable bonds is 5. The molecule has 3 aromatic heterocycles. The van der Waals surface area contributed by atoms with Crippen molar-refractivity contribution in [3.63, 3.8) is 0 Å². The van der Waals surface area contributed by atoms with Gasteiger partial charge < -0.3 is 14.4 Å². The quantitative estimate of drug-likeness (QED) is 0.671. The zero-order valence-corrected chi connectivity index (χ0v) is 16.2. The smallest absolute Gasteiger partial charge is 0.227 e. The zero-order chi connectivity index (χ0) is 18.8. The predicted octanol–water partition coefficient (Wildman–Crippen LogP) is 2.77. The molecule has 3 aromatic rings. The molecule has 0 radical (unpaired) electrons. The maximum atomic E-state index is 13.9. The number of thiazole rings is 1. The van der Waals surface area contributed by atoms with Crippen LogP contribution < -0.4 is 9.80 Å². The van der Waals surface area contributed by atoms with Crippen LogP contribution in [0.25, 0.3) is 0 Å². The molecule has 142 valence electrons. The van der Waals surface area contributed by atoms with E-state index in [9.17, 15) is 4.39 Å². The van der Waals surface area contributed by atoms with Gasteiger partial charge in [-0.05, 0) is 12.8 Å². The molecule has 9 heteroatoms. The van der Waals surface area contributed by atoms with Crippen LogP contribution in [-0.2, 0) is 6.54 Å². The molecule has 0 spiro atoms. The summed E-state index contributed by atoms with van der Waals surface area (Å²) in [6.07, 6.45) is 7.19. The van der Waals surface area contributed by atoms with Gasteiger partial charge in [-0.2, -0.15) is 4.98 Å². The van der Waals surface area contributed by atoms with Crippen LogP contribution in [0.1, 0.15) is 30.3 Å². The summed E-state index contributed by atoms with van der Waals surface area (Å²) in [5.41, 5.74) is 2.90. The summed E-state index contributed by atoms with van der Waals surface area (Å²) >= 11 is 1.60. The summed E-state index contributed by atoms with van der Waals surface area (Å²) < 4.78 is 16.1. The SMILES string of the molecule is CN(C)c1nc(N2CCC[C@@H](c3nccn3Cc3cscn3)C2)ncc1F. The first kappa shape index (κ1) is 17.8. The molecule has 0 bridgehead atoms. The number of anilines is 2. The summed E-state index contributed by atoms with van der Waals surface area (Å²) in [5.74, 6) is 1.82. The van der Waals surface area contributed by atoms with Gasteiger partial charge in [-0.25, -0.2) is 19.3 Å². The Hall–Kier alpha value is -2.55. The second-order valence-electron chi connectivity index (χ2n) is 6.91. The average molecular weight is 387 g/mol. The summed E-state index contributed by atoms with van der Waals surface area (Å²) in [4.78, 5) is 21.4. The molecule has 1 aliphatic rings. The van der Waals surface area contributed by atoms with Crippen LogP contribution in [0.4, 0.5) is 16.2 Å². The van der Waals surface area contributed by atoms with Crippen molar-refractivity contribution in [2.45, 2.75) is 25.3 Å². The lowest BCUT2D eigenvalue weighted by molar-refractivity contribution is 0.470. The van der Waals surface area contributed by atoms with E-state index in [4.69, 9.17) is 0 Å². The third kappa shape index (κ3) is 3.78. The molecule has 1 saturated heterocycles. The number of hydrogen-bond donors (Lipinski definition) is 0. The second-order valence-corrected chi connectivity index (χ2v) is 7.63. The van der Waals surface area contributed by atoms with Crippen LogP contribution in [-0.4, -0.2) is 51.7 Å². The minimum Gasteiger partial charge on any atom is -0.360 e. The van der Waals surface area contributed by atoms with Crippen molar-refractivity contribution in [2.24, 2.45) is 0 Å². The summed E-state index contributed by atoms with van der Waals surface area (Å²) in [6.45, 7) is 2.36. The van der Waals surface area contributed by atoms with E-state index in [1.165, 1.54) is 6.20 Å². The lowest BCUT2D eigenvalue weighted by Gasteiger charge is -2.33. The number of imidazole rings is 1. The van der Waals surface area contributed by atoms with Gasteiger partial charge in [-0.15, -0.1) is 11.3 Å². The van der Waals surface area contributed by atoms with Crippen LogP contribution in [0.3, 0.4) is 0 Å². The molecular weight excluding hydrogens is 365 g/mol. The second kappa shape index (κ2) is 7.59. The summed E-state index contributed by atoms with van der Waals surface area (Å²) in [7, 11) is 3.56. The van der Waals surface area contributed by atoms with Crippen molar-refractivity contribution in [2.75, 3.05) is 37.0 Å². The van der Waals surface area contributed by atoms with E-state index in [0.717, 1.165) is 44.0 Å². The zero-order valence-electron chi connectivity index (χ0n) is 15.4. The van der Waals surface area contributed by atoms with Gasteiger partial charge in [0, 0.05) is 50.9 Å². The van der Waals surface area contributed by atoms with Crippen molar-refractivity contribution >= 4 is 23.1 Å². The Kier molecular flexibility index (Phi) is 5.02. The Morgan fingerprint density at radius 3 is 2.96 bits per heavy atom. The standard InChI is InChI=1S/C18H22FN7S/c1-24(2)17-15(19)8-21-18(23-17)26-6-3-4-13(9-26)16-20-5-7-25(16)10-14-11-27-12-22-14/h5,7-8,11-13H,3-4,6,9-10H2,1-2H3/t13-/m1/s1. The summed E-state index contributed by atoms with van der Waals surface area (Å²) in [6, 6.07) is 0. The highest BCUT2D eigenvalue weighted by Gasteiger charge is 2.27. The maximum absolute atomic E-state index is 13.9. The monoisotopic (exact) mass is 387 g/mol. The molecule has 4 rings (SSSR count). The van der Waals surface area contributed by atoms with Gasteiger partial charge in [-0.1, -0.05) is 0 Å². The topological polar surface area (TPSA) is 63.0 Å². The van der Waals surface area contributed by atoms with E-state index in [1.54, 1.807) is 30.3 Å². The Morgan fingerprint density at radius 2 is 2.19 bits per heavy atom. The Labute approximate surface area is 161 Å². The van der Waals surface area contributed by atoms with Crippen molar-refractivity contribution in [3.05, 3.63) is 46.8 Å². The van der Waals surface area contributed by atoms with E-state index in [-0.39, 0.29) is 5.92 Å². The van der Waals surface area contributed by atoms with Gasteiger partial charge >= 0.3 is 0 Å². The minimum absolute atomic E-state index is 0.281. The van der Waals surface area contributed by atoms with Gasteiger partial charge in [0.1, 0.15) is 5.82 Å². The molecule has 0 aromatic carbocycles. The van der Waals surface area contributed by atoms with Crippen LogP contribution in [0.2, 0.25) is 0 Å². The molecule has 4 heterocycles. The van der Waals surface area contributed by atoms with Crippen LogP contribution in [0.15, 0.2) is 29.5 Å². The van der Waals surface area contributed by atoms with Crippen molar-refractivity contribution in [3.8, 4) is 0 Å². The molecule has 0 amide bonds. The van der Waals surface area contributed by atoms with Gasteiger partial charge in [0.05, 0.1) is 23.9 Å². The first-order chi connectivity index (χ1) is 13.1. The highest BCUT2D eigenvalue weighted by atomic mass is 32.1. The van der Waals surface area contributed by atoms with Gasteiger partial charge in [0.25, 0.3) is 0 Å². The lowest BCUT2D eigenvalue weighted by atomic mass is 9.97. The minimum atomic E-state index is -0.406. The first-order valence-corrected chi connectivity index (χ1v) is 9.89. The Morgan fingerprint density at radius 1 is 1.30 bits per heavy atom. The highest BCUT2D eigenvalue weighted by molar-refractivity contribution is 7.07. The first-order valence-electron chi connectivity index (χ1n) is 8.94. The normalized spacial score (nSPS) is 17.3. The van der Waals surface area contributed by atoms with Gasteiger partial charge in [0.15, 0.2) is 11.6 Å². The van der Waals surface area contributed by atoms with Gasteiger partial charge in [-0.3, -0.25) is 0 Å². The number of hydrogen-bond acceptors (Lipinski definition) is 7. The molecule has 0 N–H and O–H groups in total. The van der Waals surface area contributed by atoms with Crippen molar-refractivity contribution < 1.29 is 4.39 Å². The van der Waals surface area contributed by atoms with Crippen molar-refractivity contribution in [1.29, 1.82) is 0 Å². The largest absolute Gasteiger partial charge is 0.360 e. The molecule has 0 saturated carbocycles. The Bertz CT molecular complexity index is 893. The average Bonchev–Trinajstić information content (AvgIpc) is 3.34. The van der Waals surface area contributed by atoms with E-state index in [0.29, 0.717) is 11.8 Å². The number of nitrogens with zero attached hydrogens (tertiary/aromatic N) is 7. The van der Waals surface area contributed by atoms with E-state index in [2.05, 4.69) is 34.8 Å². The van der Waals surface area contributed by atoms with E-state index in [1.807, 2.05) is 17.9 Å². The Balaban J connectivity index is 1.54. The maximum Gasteiger partial charge on any atom is 0.227 e. The van der Waals surface area contributed by atoms with Crippen LogP contribution in [0, 0.1) is 5.82 Å². The fraction of sp³-hybridized carbons (Fsp3) is 0.444. The van der Waals surface area contributed by atoms with E-state index < -0.39 is 5.82 Å². The fourth-order valence-corrected chi connectivity index (χ4v) is 4.04. The fourth-order valence-electron chi connectivity index (χ4n) is 3.49. The van der Waals surface area contributed by atoms with Crippen LogP contribution >= 0.6 is 11.3 Å². The van der Waals surface area contributed by atoms with Gasteiger partial charge in [0.2, 0.25) is 5.95 Å². The molecule has 0 aliphatic carbocycles. The summed E-state index contributed by atoms with van der Waals surface area (Å²) in [5, 5.41) is 2.06. The highest BCUT2D eigenvalue weighted by Crippen LogP contribution is 2.29.